The summed E-state index contributed by atoms with van der Waals surface area (Å²) in [6.45, 7) is 2.58. The molecule has 0 aliphatic heterocycles. The Hall–Kier alpha value is -3.06. The van der Waals surface area contributed by atoms with Crippen molar-refractivity contribution in [3.8, 4) is 21.8 Å². The van der Waals surface area contributed by atoms with E-state index >= 15 is 0 Å². The molecule has 7 heteroatoms. The zero-order chi connectivity index (χ0) is 18.1. The molecule has 1 amide bonds. The first-order valence-corrected chi connectivity index (χ1v) is 9.00. The van der Waals surface area contributed by atoms with Crippen molar-refractivity contribution in [2.24, 2.45) is 0 Å². The maximum absolute atomic E-state index is 12.3. The van der Waals surface area contributed by atoms with Gasteiger partial charge in [-0.05, 0) is 30.7 Å². The Morgan fingerprint density at radius 3 is 2.88 bits per heavy atom. The van der Waals surface area contributed by atoms with Crippen molar-refractivity contribution < 1.29 is 9.32 Å². The average Bonchev–Trinajstić information content (AvgIpc) is 3.33. The standard InChI is InChI=1S/C19H16N4O2S/c1-3-23(2)19(24)16-11-21-18(26-16)17-14-7-6-12(9-15(14)25-22-17)13-5-4-8-20-10-13/h4-11H,3H2,1-2H3. The van der Waals surface area contributed by atoms with Gasteiger partial charge >= 0.3 is 0 Å². The lowest BCUT2D eigenvalue weighted by molar-refractivity contribution is 0.0807. The number of thiazole rings is 1. The van der Waals surface area contributed by atoms with E-state index in [1.54, 1.807) is 30.5 Å². The molecule has 0 unspecified atom stereocenters. The molecule has 0 radical (unpaired) electrons. The predicted octanol–water partition coefficient (Wildman–Crippen LogP) is 4.11. The number of fused-ring (bicyclic) bond motifs is 1. The number of carbonyl (C=O) groups excluding carboxylic acids is 1. The van der Waals surface area contributed by atoms with Crippen molar-refractivity contribution in [1.82, 2.24) is 20.0 Å². The molecule has 0 bridgehead atoms. The highest BCUT2D eigenvalue weighted by molar-refractivity contribution is 7.17. The molecule has 0 aliphatic rings. The number of hydrogen-bond acceptors (Lipinski definition) is 6. The lowest BCUT2D eigenvalue weighted by atomic mass is 10.1. The van der Waals surface area contributed by atoms with Gasteiger partial charge in [0, 0.05) is 31.5 Å². The van der Waals surface area contributed by atoms with E-state index in [0.717, 1.165) is 16.5 Å². The van der Waals surface area contributed by atoms with Crippen molar-refractivity contribution >= 4 is 28.2 Å². The van der Waals surface area contributed by atoms with E-state index < -0.39 is 0 Å². The molecule has 0 N–H and O–H groups in total. The van der Waals surface area contributed by atoms with Gasteiger partial charge in [-0.2, -0.15) is 0 Å². The zero-order valence-corrected chi connectivity index (χ0v) is 15.2. The van der Waals surface area contributed by atoms with E-state index in [1.165, 1.54) is 11.3 Å². The molecule has 130 valence electrons. The highest BCUT2D eigenvalue weighted by Gasteiger charge is 2.19. The van der Waals surface area contributed by atoms with Gasteiger partial charge in [0.1, 0.15) is 15.6 Å². The quantitative estimate of drug-likeness (QED) is 0.545. The highest BCUT2D eigenvalue weighted by Crippen LogP contribution is 2.33. The van der Waals surface area contributed by atoms with Gasteiger partial charge < -0.3 is 9.42 Å². The zero-order valence-electron chi connectivity index (χ0n) is 14.3. The van der Waals surface area contributed by atoms with Gasteiger partial charge in [0.15, 0.2) is 5.58 Å². The third kappa shape index (κ3) is 2.86. The van der Waals surface area contributed by atoms with Crippen LogP contribution < -0.4 is 0 Å². The van der Waals surface area contributed by atoms with Gasteiger partial charge in [-0.1, -0.05) is 17.3 Å². The fourth-order valence-corrected chi connectivity index (χ4v) is 3.53. The second kappa shape index (κ2) is 6.68. The number of pyridine rings is 1. The van der Waals surface area contributed by atoms with E-state index in [0.29, 0.717) is 27.7 Å². The number of rotatable bonds is 4. The largest absolute Gasteiger partial charge is 0.356 e. The van der Waals surface area contributed by atoms with Gasteiger partial charge in [0.25, 0.3) is 5.91 Å². The molecule has 0 aliphatic carbocycles. The Labute approximate surface area is 154 Å². The summed E-state index contributed by atoms with van der Waals surface area (Å²) in [5.74, 6) is -0.0390. The van der Waals surface area contributed by atoms with Gasteiger partial charge in [-0.3, -0.25) is 9.78 Å². The van der Waals surface area contributed by atoms with Crippen molar-refractivity contribution in [1.29, 1.82) is 0 Å². The Bertz CT molecular complexity index is 1070. The monoisotopic (exact) mass is 364 g/mol. The summed E-state index contributed by atoms with van der Waals surface area (Å²) in [7, 11) is 1.77. The smallest absolute Gasteiger partial charge is 0.265 e. The summed E-state index contributed by atoms with van der Waals surface area (Å²) in [6, 6.07) is 9.80. The Morgan fingerprint density at radius 1 is 1.23 bits per heavy atom. The molecule has 0 saturated heterocycles. The number of nitrogens with zero attached hydrogens (tertiary/aromatic N) is 4. The minimum Gasteiger partial charge on any atom is -0.356 e. The topological polar surface area (TPSA) is 72.1 Å². The van der Waals surface area contributed by atoms with Crippen molar-refractivity contribution in [3.63, 3.8) is 0 Å². The molecule has 0 atom stereocenters. The van der Waals surface area contributed by atoms with Crippen LogP contribution in [0.3, 0.4) is 0 Å². The molecule has 0 fully saturated rings. The average molecular weight is 364 g/mol. The van der Waals surface area contributed by atoms with Gasteiger partial charge in [-0.25, -0.2) is 4.98 Å². The molecule has 4 rings (SSSR count). The van der Waals surface area contributed by atoms with Crippen molar-refractivity contribution in [3.05, 3.63) is 53.8 Å². The van der Waals surface area contributed by atoms with Crippen LogP contribution in [-0.4, -0.2) is 39.5 Å². The minimum absolute atomic E-state index is 0.0390. The minimum atomic E-state index is -0.0390. The Balaban J connectivity index is 1.70. The predicted molar refractivity (Wildman–Crippen MR) is 101 cm³/mol. The van der Waals surface area contributed by atoms with Crippen molar-refractivity contribution in [2.75, 3.05) is 13.6 Å². The number of benzene rings is 1. The van der Waals surface area contributed by atoms with Crippen molar-refractivity contribution in [2.45, 2.75) is 6.92 Å². The SMILES string of the molecule is CCN(C)C(=O)c1cnc(-c2noc3cc(-c4cccnc4)ccc23)s1. The first-order chi connectivity index (χ1) is 12.7. The first-order valence-electron chi connectivity index (χ1n) is 8.19. The van der Waals surface area contributed by atoms with Gasteiger partial charge in [-0.15, -0.1) is 11.3 Å². The number of carbonyl (C=O) groups is 1. The molecule has 3 aromatic heterocycles. The summed E-state index contributed by atoms with van der Waals surface area (Å²) < 4.78 is 5.50. The normalized spacial score (nSPS) is 11.0. The molecular formula is C19H16N4O2S. The van der Waals surface area contributed by atoms with Crippen LogP contribution >= 0.6 is 11.3 Å². The summed E-state index contributed by atoms with van der Waals surface area (Å²) in [5, 5.41) is 5.71. The lowest BCUT2D eigenvalue weighted by Crippen LogP contribution is -2.25. The van der Waals surface area contributed by atoms with Crippen LogP contribution in [0.5, 0.6) is 0 Å². The number of hydrogen-bond donors (Lipinski definition) is 0. The molecule has 0 spiro atoms. The third-order valence-electron chi connectivity index (χ3n) is 4.21. The second-order valence-corrected chi connectivity index (χ2v) is 6.86. The molecule has 4 aromatic rings. The van der Waals surface area contributed by atoms with E-state index in [-0.39, 0.29) is 5.91 Å². The van der Waals surface area contributed by atoms with Gasteiger partial charge in [0.05, 0.1) is 11.6 Å². The Morgan fingerprint density at radius 2 is 2.12 bits per heavy atom. The molecule has 1 aromatic carbocycles. The van der Waals surface area contributed by atoms with Gasteiger partial charge in [0.2, 0.25) is 0 Å². The van der Waals surface area contributed by atoms with Crippen LogP contribution in [0, 0.1) is 0 Å². The maximum Gasteiger partial charge on any atom is 0.265 e. The molecule has 26 heavy (non-hydrogen) atoms. The van der Waals surface area contributed by atoms with Crippen LogP contribution in [0.1, 0.15) is 16.6 Å². The van der Waals surface area contributed by atoms with Crippen LogP contribution in [0.4, 0.5) is 0 Å². The Kier molecular flexibility index (Phi) is 4.22. The second-order valence-electron chi connectivity index (χ2n) is 5.83. The van der Waals surface area contributed by atoms with Crippen LogP contribution in [-0.2, 0) is 0 Å². The molecular weight excluding hydrogens is 348 g/mol. The molecule has 3 heterocycles. The van der Waals surface area contributed by atoms with E-state index in [4.69, 9.17) is 4.52 Å². The summed E-state index contributed by atoms with van der Waals surface area (Å²) in [4.78, 5) is 23.0. The van der Waals surface area contributed by atoms with E-state index in [2.05, 4.69) is 15.1 Å². The molecule has 0 saturated carbocycles. The summed E-state index contributed by atoms with van der Waals surface area (Å²) >= 11 is 1.32. The highest BCUT2D eigenvalue weighted by atomic mass is 32.1. The van der Waals surface area contributed by atoms with Crippen LogP contribution in [0.25, 0.3) is 32.8 Å². The fourth-order valence-electron chi connectivity index (χ4n) is 2.62. The first kappa shape index (κ1) is 16.4. The molecule has 6 nitrogen and oxygen atoms in total. The maximum atomic E-state index is 12.3. The fraction of sp³-hybridized carbons (Fsp3) is 0.158. The van der Waals surface area contributed by atoms with E-state index in [9.17, 15) is 4.79 Å². The third-order valence-corrected chi connectivity index (χ3v) is 5.20. The van der Waals surface area contributed by atoms with Crippen LogP contribution in [0.2, 0.25) is 0 Å². The number of aromatic nitrogens is 3. The van der Waals surface area contributed by atoms with Crippen LogP contribution in [0.15, 0.2) is 53.4 Å². The summed E-state index contributed by atoms with van der Waals surface area (Å²) in [6.07, 6.45) is 5.15. The summed E-state index contributed by atoms with van der Waals surface area (Å²) in [5.41, 5.74) is 3.35. The number of amides is 1. The lowest BCUT2D eigenvalue weighted by Gasteiger charge is -2.11. The van der Waals surface area contributed by atoms with E-state index in [1.807, 2.05) is 37.3 Å².